The van der Waals surface area contributed by atoms with Crippen molar-refractivity contribution >= 4 is 0 Å². The van der Waals surface area contributed by atoms with Gasteiger partial charge in [-0.3, -0.25) is 4.68 Å². The van der Waals surface area contributed by atoms with Crippen LogP contribution in [0.1, 0.15) is 51.8 Å². The van der Waals surface area contributed by atoms with E-state index in [1.165, 1.54) is 25.7 Å². The number of nitrogens with zero attached hydrogens (tertiary/aromatic N) is 4. The fraction of sp³-hybridized carbons (Fsp3) is 0.875. The predicted octanol–water partition coefficient (Wildman–Crippen LogP) is 2.07. The van der Waals surface area contributed by atoms with Crippen molar-refractivity contribution in [3.63, 3.8) is 0 Å². The molecule has 5 heteroatoms. The van der Waals surface area contributed by atoms with Gasteiger partial charge in [-0.15, -0.1) is 0 Å². The number of hydrogen-bond acceptors (Lipinski definition) is 4. The van der Waals surface area contributed by atoms with Gasteiger partial charge in [-0.25, -0.2) is 4.98 Å². The summed E-state index contributed by atoms with van der Waals surface area (Å²) >= 11 is 0. The van der Waals surface area contributed by atoms with Gasteiger partial charge in [-0.1, -0.05) is 26.7 Å². The molecule has 0 aromatic carbocycles. The number of hydrogen-bond donors (Lipinski definition) is 1. The van der Waals surface area contributed by atoms with Crippen LogP contribution in [0.2, 0.25) is 0 Å². The van der Waals surface area contributed by atoms with Gasteiger partial charge in [-0.05, 0) is 39.3 Å². The molecule has 0 bridgehead atoms. The van der Waals surface area contributed by atoms with E-state index in [4.69, 9.17) is 5.73 Å². The van der Waals surface area contributed by atoms with Gasteiger partial charge in [0.05, 0.1) is 0 Å². The van der Waals surface area contributed by atoms with Gasteiger partial charge in [0.15, 0.2) is 0 Å². The average Bonchev–Trinajstić information content (AvgIpc) is 2.86. The van der Waals surface area contributed by atoms with E-state index >= 15 is 0 Å². The fourth-order valence-corrected chi connectivity index (χ4v) is 3.87. The third-order valence-electron chi connectivity index (χ3n) is 5.12. The van der Waals surface area contributed by atoms with Crippen LogP contribution in [0.3, 0.4) is 0 Å². The maximum atomic E-state index is 6.68. The first-order chi connectivity index (χ1) is 9.99. The molecular weight excluding hydrogens is 262 g/mol. The Hall–Kier alpha value is -0.940. The molecule has 2 N–H and O–H groups in total. The summed E-state index contributed by atoms with van der Waals surface area (Å²) in [5, 5.41) is 4.32. The van der Waals surface area contributed by atoms with Crippen LogP contribution in [0.5, 0.6) is 0 Å². The lowest BCUT2D eigenvalue weighted by molar-refractivity contribution is 0.0494. The van der Waals surface area contributed by atoms with Crippen molar-refractivity contribution in [3.05, 3.63) is 12.2 Å². The monoisotopic (exact) mass is 293 g/mol. The summed E-state index contributed by atoms with van der Waals surface area (Å²) < 4.78 is 2.01. The van der Waals surface area contributed by atoms with Crippen LogP contribution in [0.25, 0.3) is 0 Å². The van der Waals surface area contributed by atoms with E-state index in [0.29, 0.717) is 0 Å². The Labute approximate surface area is 128 Å². The third-order valence-corrected chi connectivity index (χ3v) is 5.12. The third kappa shape index (κ3) is 3.46. The molecule has 1 saturated carbocycles. The van der Waals surface area contributed by atoms with Crippen molar-refractivity contribution in [2.75, 3.05) is 14.1 Å². The van der Waals surface area contributed by atoms with Gasteiger partial charge >= 0.3 is 0 Å². The predicted molar refractivity (Wildman–Crippen MR) is 86.0 cm³/mol. The molecule has 1 aliphatic carbocycles. The summed E-state index contributed by atoms with van der Waals surface area (Å²) in [5.41, 5.74) is 6.78. The minimum atomic E-state index is 0.0979. The highest BCUT2D eigenvalue weighted by Crippen LogP contribution is 2.38. The van der Waals surface area contributed by atoms with Crippen molar-refractivity contribution in [3.8, 4) is 0 Å². The second-order valence-corrected chi connectivity index (χ2v) is 6.91. The molecule has 0 spiro atoms. The molecule has 0 saturated heterocycles. The largest absolute Gasteiger partial charge is 0.326 e. The summed E-state index contributed by atoms with van der Waals surface area (Å²) in [7, 11) is 4.35. The topological polar surface area (TPSA) is 60.0 Å². The number of likely N-dealkylation sites (N-methyl/N-ethyl adjacent to an activating group) is 1. The molecule has 0 radical (unpaired) electrons. The van der Waals surface area contributed by atoms with Gasteiger partial charge in [0, 0.05) is 24.5 Å². The van der Waals surface area contributed by atoms with Gasteiger partial charge in [0.25, 0.3) is 0 Å². The number of aromatic nitrogens is 3. The van der Waals surface area contributed by atoms with Crippen molar-refractivity contribution in [1.82, 2.24) is 19.7 Å². The van der Waals surface area contributed by atoms with Crippen molar-refractivity contribution in [1.29, 1.82) is 0 Å². The average molecular weight is 293 g/mol. The number of nitrogens with two attached hydrogens (primary N) is 1. The van der Waals surface area contributed by atoms with E-state index in [2.05, 4.69) is 42.9 Å². The van der Waals surface area contributed by atoms with Gasteiger partial charge < -0.3 is 10.6 Å². The molecule has 3 unspecified atom stereocenters. The molecule has 1 aromatic heterocycles. The minimum absolute atomic E-state index is 0.0979. The van der Waals surface area contributed by atoms with E-state index in [1.54, 1.807) is 6.33 Å². The fourth-order valence-electron chi connectivity index (χ4n) is 3.87. The molecule has 21 heavy (non-hydrogen) atoms. The molecule has 0 aliphatic heterocycles. The van der Waals surface area contributed by atoms with Crippen molar-refractivity contribution in [2.24, 2.45) is 11.7 Å². The molecule has 3 atom stereocenters. The highest BCUT2D eigenvalue weighted by molar-refractivity contribution is 5.04. The summed E-state index contributed by atoms with van der Waals surface area (Å²) in [4.78, 5) is 6.79. The molecule has 1 heterocycles. The van der Waals surface area contributed by atoms with Gasteiger partial charge in [-0.2, -0.15) is 5.10 Å². The van der Waals surface area contributed by atoms with Crippen molar-refractivity contribution in [2.45, 2.75) is 70.5 Å². The molecule has 1 aromatic rings. The first-order valence-corrected chi connectivity index (χ1v) is 8.29. The lowest BCUT2D eigenvalue weighted by atomic mass is 9.70. The Balaban J connectivity index is 2.15. The molecule has 2 rings (SSSR count). The summed E-state index contributed by atoms with van der Waals surface area (Å²) in [6.07, 6.45) is 8.51. The van der Waals surface area contributed by atoms with E-state index < -0.39 is 0 Å². The van der Waals surface area contributed by atoms with E-state index in [-0.39, 0.29) is 11.6 Å². The Kier molecular flexibility index (Phi) is 5.38. The highest BCUT2D eigenvalue weighted by Gasteiger charge is 2.42. The maximum absolute atomic E-state index is 6.68. The molecule has 120 valence electrons. The first-order valence-electron chi connectivity index (χ1n) is 8.29. The summed E-state index contributed by atoms with van der Waals surface area (Å²) in [5.74, 6) is 1.78. The molecule has 0 amide bonds. The lowest BCUT2D eigenvalue weighted by Gasteiger charge is -2.49. The SMILES string of the molecule is CCCn1ncnc1CC(N)C1(N(C)C)CCCC(C)C1. The Morgan fingerprint density at radius 1 is 1.52 bits per heavy atom. The van der Waals surface area contributed by atoms with Crippen LogP contribution < -0.4 is 5.73 Å². The smallest absolute Gasteiger partial charge is 0.138 e. The summed E-state index contributed by atoms with van der Waals surface area (Å²) in [6.45, 7) is 5.44. The van der Waals surface area contributed by atoms with Crippen LogP contribution in [0, 0.1) is 5.92 Å². The molecule has 1 fully saturated rings. The Bertz CT molecular complexity index is 442. The molecular formula is C16H31N5. The van der Waals surface area contributed by atoms with E-state index in [9.17, 15) is 0 Å². The Morgan fingerprint density at radius 2 is 2.29 bits per heavy atom. The second kappa shape index (κ2) is 6.88. The van der Waals surface area contributed by atoms with Gasteiger partial charge in [0.2, 0.25) is 0 Å². The van der Waals surface area contributed by atoms with E-state index in [1.807, 2.05) is 4.68 Å². The summed E-state index contributed by atoms with van der Waals surface area (Å²) in [6, 6.07) is 0.107. The zero-order valence-corrected chi connectivity index (χ0v) is 14.0. The Morgan fingerprint density at radius 3 is 2.90 bits per heavy atom. The zero-order chi connectivity index (χ0) is 15.5. The van der Waals surface area contributed by atoms with Gasteiger partial charge in [0.1, 0.15) is 12.2 Å². The number of aryl methyl sites for hydroxylation is 1. The minimum Gasteiger partial charge on any atom is -0.326 e. The van der Waals surface area contributed by atoms with Crippen LogP contribution in [-0.2, 0) is 13.0 Å². The van der Waals surface area contributed by atoms with Crippen LogP contribution in [0.4, 0.5) is 0 Å². The van der Waals surface area contributed by atoms with Crippen LogP contribution in [0.15, 0.2) is 6.33 Å². The van der Waals surface area contributed by atoms with Crippen LogP contribution >= 0.6 is 0 Å². The standard InChI is InChI=1S/C16H31N5/c1-5-9-21-15(18-12-19-21)10-14(17)16(20(3)4)8-6-7-13(2)11-16/h12-14H,5-11,17H2,1-4H3. The van der Waals surface area contributed by atoms with Crippen LogP contribution in [-0.4, -0.2) is 45.3 Å². The molecule has 1 aliphatic rings. The normalized spacial score (nSPS) is 28.0. The van der Waals surface area contributed by atoms with E-state index in [0.717, 1.165) is 31.1 Å². The lowest BCUT2D eigenvalue weighted by Crippen LogP contribution is -2.60. The number of rotatable bonds is 6. The highest BCUT2D eigenvalue weighted by atomic mass is 15.3. The molecule has 5 nitrogen and oxygen atoms in total. The first kappa shape index (κ1) is 16.4. The zero-order valence-electron chi connectivity index (χ0n) is 14.0. The maximum Gasteiger partial charge on any atom is 0.138 e. The second-order valence-electron chi connectivity index (χ2n) is 6.91. The van der Waals surface area contributed by atoms with Crippen molar-refractivity contribution < 1.29 is 0 Å². The quantitative estimate of drug-likeness (QED) is 0.872.